The summed E-state index contributed by atoms with van der Waals surface area (Å²) in [7, 11) is 1.50. The smallest absolute Gasteiger partial charge is 0.337 e. The Bertz CT molecular complexity index is 1280. The van der Waals surface area contributed by atoms with Crippen LogP contribution in [0.5, 0.6) is 5.75 Å². The van der Waals surface area contributed by atoms with E-state index in [1.165, 1.54) is 19.2 Å². The number of fused-ring (bicyclic) bond motifs is 1. The van der Waals surface area contributed by atoms with Crippen molar-refractivity contribution in [3.63, 3.8) is 0 Å². The maximum atomic E-state index is 13.3. The van der Waals surface area contributed by atoms with E-state index in [1.54, 1.807) is 24.3 Å². The molecule has 164 valence electrons. The second-order valence-corrected chi connectivity index (χ2v) is 7.13. The fourth-order valence-corrected chi connectivity index (χ4v) is 3.70. The zero-order chi connectivity index (χ0) is 22.7. The van der Waals surface area contributed by atoms with Crippen molar-refractivity contribution in [3.05, 3.63) is 97.7 Å². The molecule has 1 aliphatic heterocycles. The van der Waals surface area contributed by atoms with E-state index in [-0.39, 0.29) is 35.9 Å². The van der Waals surface area contributed by atoms with Gasteiger partial charge in [-0.2, -0.15) is 0 Å². The van der Waals surface area contributed by atoms with Gasteiger partial charge in [0.2, 0.25) is 0 Å². The molecule has 1 aliphatic rings. The third kappa shape index (κ3) is 4.06. The maximum Gasteiger partial charge on any atom is 0.337 e. The van der Waals surface area contributed by atoms with Crippen LogP contribution in [0.1, 0.15) is 22.6 Å². The molecule has 0 bridgehead atoms. The lowest BCUT2D eigenvalue weighted by Gasteiger charge is -2.30. The molecule has 0 spiro atoms. The molecular weight excluding hydrogens is 414 g/mol. The zero-order valence-corrected chi connectivity index (χ0v) is 17.2. The van der Waals surface area contributed by atoms with Crippen molar-refractivity contribution in [2.45, 2.75) is 5.92 Å². The highest BCUT2D eigenvalue weighted by molar-refractivity contribution is 6.04. The molecule has 1 atom stereocenters. The monoisotopic (exact) mass is 435 g/mol. The van der Waals surface area contributed by atoms with Crippen LogP contribution in [-0.4, -0.2) is 41.4 Å². The first-order valence-electron chi connectivity index (χ1n) is 9.87. The van der Waals surface area contributed by atoms with Gasteiger partial charge in [0.25, 0.3) is 5.56 Å². The number of aromatic hydroxyl groups is 1. The number of phenolic OH excluding ortho intramolecular Hbond substituents is 1. The molecule has 9 heteroatoms. The molecule has 2 aromatic carbocycles. The normalized spacial score (nSPS) is 15.1. The molecule has 4 rings (SSSR count). The van der Waals surface area contributed by atoms with Crippen molar-refractivity contribution in [2.24, 2.45) is 0 Å². The largest absolute Gasteiger partial charge is 0.508 e. The number of methoxy groups -OCH3 is 1. The molecule has 32 heavy (non-hydrogen) atoms. The van der Waals surface area contributed by atoms with Gasteiger partial charge in [0, 0.05) is 7.11 Å². The van der Waals surface area contributed by atoms with Gasteiger partial charge in [0.15, 0.2) is 0 Å². The van der Waals surface area contributed by atoms with Crippen LogP contribution in [0.25, 0.3) is 5.70 Å². The minimum absolute atomic E-state index is 0.0258. The van der Waals surface area contributed by atoms with Crippen LogP contribution in [0.4, 0.5) is 5.82 Å². The molecule has 0 amide bonds. The minimum atomic E-state index is -0.863. The number of carbonyl (C=O) groups is 1. The fourth-order valence-electron chi connectivity index (χ4n) is 3.70. The Labute approximate surface area is 182 Å². The van der Waals surface area contributed by atoms with Crippen molar-refractivity contribution >= 4 is 17.5 Å². The number of ether oxygens (including phenoxy) is 2. The van der Waals surface area contributed by atoms with Crippen LogP contribution in [0.2, 0.25) is 0 Å². The number of hydrogen-bond acceptors (Lipinski definition) is 7. The third-order valence-corrected chi connectivity index (χ3v) is 5.11. The molecule has 4 N–H and O–H groups in total. The van der Waals surface area contributed by atoms with Crippen LogP contribution >= 0.6 is 0 Å². The number of aromatic amines is 2. The summed E-state index contributed by atoms with van der Waals surface area (Å²) in [6.07, 6.45) is 0. The lowest BCUT2D eigenvalue weighted by molar-refractivity contribution is -0.140. The maximum absolute atomic E-state index is 13.3. The van der Waals surface area contributed by atoms with Gasteiger partial charge in [-0.25, -0.2) is 9.59 Å². The van der Waals surface area contributed by atoms with Crippen molar-refractivity contribution in [3.8, 4) is 5.75 Å². The van der Waals surface area contributed by atoms with Crippen molar-refractivity contribution in [2.75, 3.05) is 25.6 Å². The number of aromatic nitrogens is 2. The molecule has 0 radical (unpaired) electrons. The van der Waals surface area contributed by atoms with Gasteiger partial charge >= 0.3 is 11.7 Å². The summed E-state index contributed by atoms with van der Waals surface area (Å²) in [5.74, 6) is -1.28. The standard InChI is InChI=1S/C23H21N3O6/c1-31-11-12-32-22(29)17-16(13-7-9-15(27)10-8-13)18-20(25-23(30)26-21(18)28)24-19(17)14-5-3-2-4-6-14/h2-10,16,27H,11-12H2,1H3,(H3,24,25,26,28,30). The highest BCUT2D eigenvalue weighted by atomic mass is 16.6. The van der Waals surface area contributed by atoms with E-state index in [4.69, 9.17) is 9.47 Å². The predicted octanol–water partition coefficient (Wildman–Crippen LogP) is 1.93. The number of H-pyrrole nitrogens is 2. The van der Waals surface area contributed by atoms with Crippen LogP contribution < -0.4 is 16.6 Å². The van der Waals surface area contributed by atoms with Gasteiger partial charge in [-0.15, -0.1) is 0 Å². The summed E-state index contributed by atoms with van der Waals surface area (Å²) in [5, 5.41) is 12.8. The van der Waals surface area contributed by atoms with Gasteiger partial charge < -0.3 is 19.9 Å². The number of nitrogens with one attached hydrogen (secondary N) is 3. The van der Waals surface area contributed by atoms with Gasteiger partial charge in [0.1, 0.15) is 18.2 Å². The molecule has 9 nitrogen and oxygen atoms in total. The molecule has 0 saturated heterocycles. The first-order chi connectivity index (χ1) is 15.5. The molecular formula is C23H21N3O6. The Morgan fingerprint density at radius 3 is 2.41 bits per heavy atom. The topological polar surface area (TPSA) is 134 Å². The van der Waals surface area contributed by atoms with E-state index in [9.17, 15) is 19.5 Å². The number of benzene rings is 2. The van der Waals surface area contributed by atoms with E-state index < -0.39 is 23.1 Å². The van der Waals surface area contributed by atoms with Crippen molar-refractivity contribution in [1.82, 2.24) is 9.97 Å². The SMILES string of the molecule is COCCOC(=O)C1=C(c2ccccc2)Nc2[nH]c(=O)[nH]c(=O)c2C1c1ccc(O)cc1. The number of hydrogen-bond donors (Lipinski definition) is 4. The molecule has 1 unspecified atom stereocenters. The average Bonchev–Trinajstić information content (AvgIpc) is 2.79. The minimum Gasteiger partial charge on any atom is -0.508 e. The highest BCUT2D eigenvalue weighted by Gasteiger charge is 2.37. The lowest BCUT2D eigenvalue weighted by atomic mass is 9.81. The Morgan fingerprint density at radius 1 is 1.00 bits per heavy atom. The number of phenols is 1. The van der Waals surface area contributed by atoms with Gasteiger partial charge in [-0.05, 0) is 23.3 Å². The quantitative estimate of drug-likeness (QED) is 0.343. The Morgan fingerprint density at radius 2 is 1.72 bits per heavy atom. The Balaban J connectivity index is 1.98. The third-order valence-electron chi connectivity index (χ3n) is 5.11. The summed E-state index contributed by atoms with van der Waals surface area (Å²) in [6.45, 7) is 0.236. The van der Waals surface area contributed by atoms with Crippen LogP contribution in [0.15, 0.2) is 69.8 Å². The fraction of sp³-hybridized carbons (Fsp3) is 0.174. The lowest BCUT2D eigenvalue weighted by Crippen LogP contribution is -2.35. The number of carbonyl (C=O) groups excluding carboxylic acids is 1. The predicted molar refractivity (Wildman–Crippen MR) is 117 cm³/mol. The first-order valence-corrected chi connectivity index (χ1v) is 9.87. The van der Waals surface area contributed by atoms with Crippen LogP contribution in [0, 0.1) is 0 Å². The summed E-state index contributed by atoms with van der Waals surface area (Å²) in [6, 6.07) is 15.2. The summed E-state index contributed by atoms with van der Waals surface area (Å²) in [4.78, 5) is 42.9. The summed E-state index contributed by atoms with van der Waals surface area (Å²) in [5.41, 5.74) is 0.682. The molecule has 3 aromatic rings. The van der Waals surface area contributed by atoms with Gasteiger partial charge in [-0.3, -0.25) is 14.8 Å². The molecule has 1 aromatic heterocycles. The van der Waals surface area contributed by atoms with Gasteiger partial charge in [0.05, 0.1) is 29.4 Å². The Hall–Kier alpha value is -4.11. The van der Waals surface area contributed by atoms with E-state index in [0.717, 1.165) is 0 Å². The van der Waals surface area contributed by atoms with E-state index in [0.29, 0.717) is 16.8 Å². The van der Waals surface area contributed by atoms with E-state index >= 15 is 0 Å². The highest BCUT2D eigenvalue weighted by Crippen LogP contribution is 2.42. The molecule has 0 saturated carbocycles. The second kappa shape index (κ2) is 8.94. The van der Waals surface area contributed by atoms with Crippen LogP contribution in [0.3, 0.4) is 0 Å². The zero-order valence-electron chi connectivity index (χ0n) is 17.2. The summed E-state index contributed by atoms with van der Waals surface area (Å²) < 4.78 is 10.4. The van der Waals surface area contributed by atoms with Crippen LogP contribution in [-0.2, 0) is 14.3 Å². The second-order valence-electron chi connectivity index (χ2n) is 7.13. The van der Waals surface area contributed by atoms with Gasteiger partial charge in [-0.1, -0.05) is 42.5 Å². The first kappa shape index (κ1) is 21.1. The average molecular weight is 435 g/mol. The molecule has 0 aliphatic carbocycles. The number of rotatable bonds is 6. The number of esters is 1. The molecule has 0 fully saturated rings. The van der Waals surface area contributed by atoms with Crippen molar-refractivity contribution in [1.29, 1.82) is 0 Å². The summed E-state index contributed by atoms with van der Waals surface area (Å²) >= 11 is 0. The molecule has 2 heterocycles. The van der Waals surface area contributed by atoms with E-state index in [2.05, 4.69) is 15.3 Å². The van der Waals surface area contributed by atoms with Crippen molar-refractivity contribution < 1.29 is 19.4 Å². The number of anilines is 1. The van der Waals surface area contributed by atoms with E-state index in [1.807, 2.05) is 18.2 Å². The Kier molecular flexibility index (Phi) is 5.91.